The largest absolute Gasteiger partial charge is 0.481 e. The summed E-state index contributed by atoms with van der Waals surface area (Å²) in [6.07, 6.45) is 5.34. The van der Waals surface area contributed by atoms with Crippen LogP contribution >= 0.6 is 0 Å². The zero-order chi connectivity index (χ0) is 14.1. The number of urea groups is 1. The van der Waals surface area contributed by atoms with Gasteiger partial charge >= 0.3 is 12.0 Å². The second-order valence-electron chi connectivity index (χ2n) is 4.96. The third-order valence-corrected chi connectivity index (χ3v) is 3.44. The lowest BCUT2D eigenvalue weighted by Gasteiger charge is -2.28. The number of carboxylic acids is 1. The zero-order valence-corrected chi connectivity index (χ0v) is 11.3. The molecule has 3 N–H and O–H groups in total. The van der Waals surface area contributed by atoms with Crippen LogP contribution in [-0.4, -0.2) is 52.9 Å². The molecule has 1 aliphatic rings. The molecule has 0 saturated carbocycles. The number of hydrogen-bond acceptors (Lipinski definition) is 3. The van der Waals surface area contributed by atoms with Crippen LogP contribution in [0.15, 0.2) is 0 Å². The number of carboxylic acid groups (broad SMARTS) is 1. The Morgan fingerprint density at radius 2 is 2.00 bits per heavy atom. The molecule has 0 radical (unpaired) electrons. The minimum absolute atomic E-state index is 0.00638. The SMILES string of the molecule is O=C(O)CCCCNC(=O)N1CCCCCC1CO. The lowest BCUT2D eigenvalue weighted by molar-refractivity contribution is -0.137. The number of hydrogen-bond donors (Lipinski definition) is 3. The molecular formula is C13H24N2O4. The van der Waals surface area contributed by atoms with Crippen molar-refractivity contribution in [3.8, 4) is 0 Å². The maximum Gasteiger partial charge on any atom is 0.317 e. The van der Waals surface area contributed by atoms with E-state index in [0.717, 1.165) is 25.7 Å². The first-order chi connectivity index (χ1) is 9.15. The van der Waals surface area contributed by atoms with Gasteiger partial charge in [0.15, 0.2) is 0 Å². The van der Waals surface area contributed by atoms with Crippen molar-refractivity contribution < 1.29 is 19.8 Å². The molecule has 1 heterocycles. The van der Waals surface area contributed by atoms with E-state index in [1.54, 1.807) is 4.90 Å². The van der Waals surface area contributed by atoms with Crippen LogP contribution in [0, 0.1) is 0 Å². The van der Waals surface area contributed by atoms with Crippen LogP contribution in [0.25, 0.3) is 0 Å². The molecule has 0 aromatic rings. The lowest BCUT2D eigenvalue weighted by atomic mass is 10.1. The van der Waals surface area contributed by atoms with Crippen LogP contribution in [0.4, 0.5) is 4.79 Å². The molecule has 2 amide bonds. The Bertz CT molecular complexity index is 296. The number of unbranched alkanes of at least 4 members (excludes halogenated alkanes) is 1. The number of carbonyl (C=O) groups is 2. The summed E-state index contributed by atoms with van der Waals surface area (Å²) in [5.41, 5.74) is 0. The Hall–Kier alpha value is -1.30. The molecule has 0 spiro atoms. The second kappa shape index (κ2) is 8.74. The number of aliphatic carboxylic acids is 1. The van der Waals surface area contributed by atoms with Crippen molar-refractivity contribution in [1.82, 2.24) is 10.2 Å². The molecule has 0 aromatic carbocycles. The van der Waals surface area contributed by atoms with Gasteiger partial charge in [-0.1, -0.05) is 12.8 Å². The average Bonchev–Trinajstić information content (AvgIpc) is 2.62. The van der Waals surface area contributed by atoms with Gasteiger partial charge in [0.25, 0.3) is 0 Å². The lowest BCUT2D eigenvalue weighted by Crippen LogP contribution is -2.47. The molecule has 110 valence electrons. The predicted octanol–water partition coefficient (Wildman–Crippen LogP) is 1.19. The van der Waals surface area contributed by atoms with Gasteiger partial charge in [-0.05, 0) is 25.7 Å². The van der Waals surface area contributed by atoms with Crippen LogP contribution < -0.4 is 5.32 Å². The highest BCUT2D eigenvalue weighted by atomic mass is 16.4. The Morgan fingerprint density at radius 1 is 1.21 bits per heavy atom. The van der Waals surface area contributed by atoms with E-state index in [2.05, 4.69) is 5.32 Å². The second-order valence-corrected chi connectivity index (χ2v) is 4.96. The normalized spacial score (nSPS) is 19.8. The minimum Gasteiger partial charge on any atom is -0.481 e. The van der Waals surface area contributed by atoms with Gasteiger partial charge < -0.3 is 20.4 Å². The Morgan fingerprint density at radius 3 is 2.68 bits per heavy atom. The summed E-state index contributed by atoms with van der Waals surface area (Å²) in [7, 11) is 0. The molecule has 0 aromatic heterocycles. The highest BCUT2D eigenvalue weighted by Crippen LogP contribution is 2.16. The van der Waals surface area contributed by atoms with Crippen molar-refractivity contribution in [2.75, 3.05) is 19.7 Å². The summed E-state index contributed by atoms with van der Waals surface area (Å²) < 4.78 is 0. The minimum atomic E-state index is -0.806. The van der Waals surface area contributed by atoms with E-state index in [0.29, 0.717) is 25.9 Å². The number of amides is 2. The first-order valence-corrected chi connectivity index (χ1v) is 7.02. The molecule has 1 saturated heterocycles. The Labute approximate surface area is 113 Å². The van der Waals surface area contributed by atoms with E-state index in [-0.39, 0.29) is 25.1 Å². The van der Waals surface area contributed by atoms with E-state index >= 15 is 0 Å². The van der Waals surface area contributed by atoms with Crippen molar-refractivity contribution >= 4 is 12.0 Å². The maximum atomic E-state index is 12.0. The molecule has 0 aliphatic carbocycles. The van der Waals surface area contributed by atoms with Crippen LogP contribution in [0.1, 0.15) is 44.9 Å². The van der Waals surface area contributed by atoms with Crippen molar-refractivity contribution in [3.63, 3.8) is 0 Å². The number of nitrogens with one attached hydrogen (secondary N) is 1. The smallest absolute Gasteiger partial charge is 0.317 e. The quantitative estimate of drug-likeness (QED) is 0.633. The number of likely N-dealkylation sites (tertiary alicyclic amines) is 1. The molecular weight excluding hydrogens is 248 g/mol. The topological polar surface area (TPSA) is 89.9 Å². The summed E-state index contributed by atoms with van der Waals surface area (Å²) in [6, 6.07) is -0.224. The highest BCUT2D eigenvalue weighted by molar-refractivity contribution is 5.74. The van der Waals surface area contributed by atoms with Gasteiger partial charge in [-0.2, -0.15) is 0 Å². The monoisotopic (exact) mass is 272 g/mol. The fraction of sp³-hybridized carbons (Fsp3) is 0.846. The Kier molecular flexibility index (Phi) is 7.25. The molecule has 1 aliphatic heterocycles. The van der Waals surface area contributed by atoms with E-state index in [4.69, 9.17) is 5.11 Å². The molecule has 1 rings (SSSR count). The van der Waals surface area contributed by atoms with Crippen molar-refractivity contribution in [3.05, 3.63) is 0 Å². The summed E-state index contributed by atoms with van der Waals surface area (Å²) in [4.78, 5) is 24.1. The molecule has 6 nitrogen and oxygen atoms in total. The van der Waals surface area contributed by atoms with E-state index in [1.165, 1.54) is 0 Å². The van der Waals surface area contributed by atoms with E-state index in [1.807, 2.05) is 0 Å². The first-order valence-electron chi connectivity index (χ1n) is 7.02. The molecule has 1 fully saturated rings. The van der Waals surface area contributed by atoms with Crippen molar-refractivity contribution in [1.29, 1.82) is 0 Å². The molecule has 0 bridgehead atoms. The summed E-state index contributed by atoms with van der Waals surface area (Å²) in [5.74, 6) is -0.806. The molecule has 1 unspecified atom stereocenters. The number of rotatable bonds is 6. The van der Waals surface area contributed by atoms with Gasteiger partial charge in [0.1, 0.15) is 0 Å². The van der Waals surface area contributed by atoms with Crippen LogP contribution in [0.2, 0.25) is 0 Å². The van der Waals surface area contributed by atoms with Crippen LogP contribution in [-0.2, 0) is 4.79 Å². The number of aliphatic hydroxyl groups excluding tert-OH is 1. The van der Waals surface area contributed by atoms with Crippen LogP contribution in [0.5, 0.6) is 0 Å². The highest BCUT2D eigenvalue weighted by Gasteiger charge is 2.24. The zero-order valence-electron chi connectivity index (χ0n) is 11.3. The third kappa shape index (κ3) is 5.92. The third-order valence-electron chi connectivity index (χ3n) is 3.44. The molecule has 19 heavy (non-hydrogen) atoms. The number of aliphatic hydroxyl groups is 1. The maximum absolute atomic E-state index is 12.0. The summed E-state index contributed by atoms with van der Waals surface area (Å²) in [5, 5.41) is 20.6. The van der Waals surface area contributed by atoms with E-state index < -0.39 is 5.97 Å². The fourth-order valence-electron chi connectivity index (χ4n) is 2.33. The van der Waals surface area contributed by atoms with E-state index in [9.17, 15) is 14.7 Å². The van der Waals surface area contributed by atoms with Gasteiger partial charge in [0, 0.05) is 19.5 Å². The fourth-order valence-corrected chi connectivity index (χ4v) is 2.33. The molecule has 1 atom stereocenters. The van der Waals surface area contributed by atoms with Crippen LogP contribution in [0.3, 0.4) is 0 Å². The van der Waals surface area contributed by atoms with Gasteiger partial charge in [0.2, 0.25) is 0 Å². The van der Waals surface area contributed by atoms with Gasteiger partial charge in [-0.25, -0.2) is 4.79 Å². The van der Waals surface area contributed by atoms with Gasteiger partial charge in [0.05, 0.1) is 12.6 Å². The first kappa shape index (κ1) is 15.8. The summed E-state index contributed by atoms with van der Waals surface area (Å²) in [6.45, 7) is 1.18. The predicted molar refractivity (Wildman–Crippen MR) is 70.9 cm³/mol. The standard InChI is InChI=1S/C13H24N2O4/c16-10-11-6-2-1-5-9-15(11)13(19)14-8-4-3-7-12(17)18/h11,16H,1-10H2,(H,14,19)(H,17,18). The summed E-state index contributed by atoms with van der Waals surface area (Å²) >= 11 is 0. The van der Waals surface area contributed by atoms with Gasteiger partial charge in [-0.15, -0.1) is 0 Å². The van der Waals surface area contributed by atoms with Crippen molar-refractivity contribution in [2.45, 2.75) is 51.0 Å². The average molecular weight is 272 g/mol. The molecule has 6 heteroatoms. The Balaban J connectivity index is 2.27. The van der Waals surface area contributed by atoms with Gasteiger partial charge in [-0.3, -0.25) is 4.79 Å². The number of nitrogens with zero attached hydrogens (tertiary/aromatic N) is 1. The number of carbonyl (C=O) groups excluding carboxylic acids is 1. The van der Waals surface area contributed by atoms with Crippen molar-refractivity contribution in [2.24, 2.45) is 0 Å².